The molecular formula is C28H26Cl2NOS+. The lowest BCUT2D eigenvalue weighted by Gasteiger charge is -2.19. The maximum atomic E-state index is 5.99. The van der Waals surface area contributed by atoms with Gasteiger partial charge in [0.15, 0.2) is 18.8 Å². The molecule has 0 unspecified atom stereocenters. The number of alkyl halides is 2. The summed E-state index contributed by atoms with van der Waals surface area (Å²) in [6.45, 7) is 1.56. The lowest BCUT2D eigenvalue weighted by atomic mass is 9.99. The Morgan fingerprint density at radius 1 is 0.727 bits per heavy atom. The van der Waals surface area contributed by atoms with Crippen molar-refractivity contribution in [3.63, 3.8) is 0 Å². The summed E-state index contributed by atoms with van der Waals surface area (Å²) in [4.78, 5) is 2.44. The maximum absolute atomic E-state index is 5.99. The van der Waals surface area contributed by atoms with Gasteiger partial charge in [-0.05, 0) is 58.7 Å². The van der Waals surface area contributed by atoms with E-state index in [1.54, 1.807) is 18.9 Å². The molecule has 0 saturated heterocycles. The van der Waals surface area contributed by atoms with Gasteiger partial charge < -0.3 is 4.74 Å². The van der Waals surface area contributed by atoms with E-state index in [2.05, 4.69) is 83.5 Å². The molecule has 1 heterocycles. The molecule has 0 spiro atoms. The Kier molecular flexibility index (Phi) is 8.33. The highest BCUT2D eigenvalue weighted by Crippen LogP contribution is 2.45. The first-order chi connectivity index (χ1) is 16.2. The minimum absolute atomic E-state index is 0.574. The molecule has 0 N–H and O–H groups in total. The smallest absolute Gasteiger partial charge is 0.200 e. The predicted molar refractivity (Wildman–Crippen MR) is 145 cm³/mol. The number of halogens is 2. The predicted octanol–water partition coefficient (Wildman–Crippen LogP) is 7.18. The third-order valence-corrected chi connectivity index (χ3v) is 6.99. The second-order valence-electron chi connectivity index (χ2n) is 7.58. The van der Waals surface area contributed by atoms with Crippen molar-refractivity contribution in [1.29, 1.82) is 0 Å². The van der Waals surface area contributed by atoms with Gasteiger partial charge in [0.1, 0.15) is 5.75 Å². The third-order valence-electron chi connectivity index (χ3n) is 5.50. The highest BCUT2D eigenvalue weighted by atomic mass is 35.5. The topological polar surface area (TPSA) is 12.2 Å². The van der Waals surface area contributed by atoms with Gasteiger partial charge in [-0.1, -0.05) is 54.2 Å². The first-order valence-electron chi connectivity index (χ1n) is 10.9. The molecule has 33 heavy (non-hydrogen) atoms. The largest absolute Gasteiger partial charge is 0.497 e. The normalized spacial score (nSPS) is 15.4. The molecule has 0 atom stereocenters. The highest BCUT2D eigenvalue weighted by Gasteiger charge is 2.18. The van der Waals surface area contributed by atoms with Crippen LogP contribution in [0.2, 0.25) is 0 Å². The van der Waals surface area contributed by atoms with Crippen molar-refractivity contribution >= 4 is 50.5 Å². The lowest BCUT2D eigenvalue weighted by Crippen LogP contribution is -2.24. The quantitative estimate of drug-likeness (QED) is 0.298. The van der Waals surface area contributed by atoms with Crippen molar-refractivity contribution in [1.82, 2.24) is 0 Å². The van der Waals surface area contributed by atoms with Crippen molar-refractivity contribution in [2.45, 2.75) is 0 Å². The summed E-state index contributed by atoms with van der Waals surface area (Å²) in [6, 6.07) is 18.8. The Labute approximate surface area is 210 Å². The van der Waals surface area contributed by atoms with Crippen LogP contribution in [-0.2, 0) is 0 Å². The Hall–Kier alpha value is -2.46. The van der Waals surface area contributed by atoms with Crippen molar-refractivity contribution in [3.8, 4) is 5.75 Å². The molecule has 5 heteroatoms. The van der Waals surface area contributed by atoms with Crippen LogP contribution in [0, 0.1) is 0 Å². The van der Waals surface area contributed by atoms with Crippen molar-refractivity contribution in [3.05, 3.63) is 113 Å². The fourth-order valence-corrected chi connectivity index (χ4v) is 5.27. The van der Waals surface area contributed by atoms with Crippen LogP contribution in [0.4, 0.5) is 0 Å². The van der Waals surface area contributed by atoms with Crippen LogP contribution < -0.4 is 4.74 Å². The van der Waals surface area contributed by atoms with Gasteiger partial charge >= 0.3 is 0 Å². The fraction of sp³-hybridized carbons (Fsp3) is 0.179. The summed E-state index contributed by atoms with van der Waals surface area (Å²) >= 11 is 13.8. The number of hydrogen-bond donors (Lipinski definition) is 0. The second-order valence-corrected chi connectivity index (χ2v) is 9.42. The Morgan fingerprint density at radius 2 is 1.30 bits per heavy atom. The van der Waals surface area contributed by atoms with E-state index >= 15 is 0 Å². The number of allylic oxidation sites excluding steroid dienone is 8. The van der Waals surface area contributed by atoms with E-state index in [-0.39, 0.29) is 0 Å². The summed E-state index contributed by atoms with van der Waals surface area (Å²) in [6.07, 6.45) is 13.2. The molecule has 0 bridgehead atoms. The van der Waals surface area contributed by atoms with Crippen molar-refractivity contribution in [2.75, 3.05) is 32.0 Å². The lowest BCUT2D eigenvalue weighted by molar-refractivity contribution is -0.517. The molecule has 0 saturated carbocycles. The van der Waals surface area contributed by atoms with Crippen molar-refractivity contribution in [2.24, 2.45) is 0 Å². The van der Waals surface area contributed by atoms with Gasteiger partial charge in [0.25, 0.3) is 0 Å². The summed E-state index contributed by atoms with van der Waals surface area (Å²) < 4.78 is 7.56. The van der Waals surface area contributed by atoms with Gasteiger partial charge in [-0.2, -0.15) is 0 Å². The van der Waals surface area contributed by atoms with E-state index in [0.717, 1.165) is 24.6 Å². The third kappa shape index (κ3) is 5.92. The molecule has 2 nitrogen and oxygen atoms in total. The zero-order valence-corrected chi connectivity index (χ0v) is 20.8. The van der Waals surface area contributed by atoms with Crippen LogP contribution in [0.3, 0.4) is 0 Å². The molecule has 2 aromatic rings. The maximum Gasteiger partial charge on any atom is 0.200 e. The molecule has 0 amide bonds. The van der Waals surface area contributed by atoms with Crippen LogP contribution in [0.15, 0.2) is 102 Å². The van der Waals surface area contributed by atoms with Gasteiger partial charge in [0.05, 0.1) is 18.9 Å². The molecule has 0 aromatic heterocycles. The first kappa shape index (κ1) is 23.7. The van der Waals surface area contributed by atoms with Crippen LogP contribution in [0.25, 0.3) is 9.81 Å². The Morgan fingerprint density at radius 3 is 1.85 bits per heavy atom. The minimum atomic E-state index is 0.574. The molecule has 1 aliphatic heterocycles. The number of methoxy groups -OCH3 is 1. The number of hydrogen-bond acceptors (Lipinski definition) is 2. The zero-order chi connectivity index (χ0) is 23.0. The van der Waals surface area contributed by atoms with Crippen LogP contribution in [0.1, 0.15) is 11.1 Å². The molecule has 0 fully saturated rings. The Balaban J connectivity index is 1.74. The van der Waals surface area contributed by atoms with Crippen LogP contribution in [0.5, 0.6) is 5.75 Å². The molecule has 1 aliphatic carbocycles. The van der Waals surface area contributed by atoms with Gasteiger partial charge in [0, 0.05) is 22.0 Å². The summed E-state index contributed by atoms with van der Waals surface area (Å²) in [5, 5.41) is 0. The van der Waals surface area contributed by atoms with E-state index in [0.29, 0.717) is 11.8 Å². The number of thioether (sulfide) groups is 1. The van der Waals surface area contributed by atoms with E-state index < -0.39 is 0 Å². The van der Waals surface area contributed by atoms with Crippen LogP contribution in [-0.4, -0.2) is 42.2 Å². The molecule has 2 aliphatic rings. The molecule has 2 aromatic carbocycles. The summed E-state index contributed by atoms with van der Waals surface area (Å²) in [7, 11) is 1.69. The standard InChI is InChI=1S/C28H26Cl2NOS/c1-32-26-13-9-23(10-14-26)28-20-24(19-27(33-28)22-5-3-2-4-6-22)21-7-11-25(12-8-21)31(17-15-29)18-16-30/h2-14,19-20H,15-18H2,1H3/q+1. The number of nitrogens with zero attached hydrogens (tertiary/aromatic N) is 1. The number of ether oxygens (including phenoxy) is 1. The van der Waals surface area contributed by atoms with Gasteiger partial charge in [-0.3, -0.25) is 0 Å². The SMILES string of the molecule is COc1ccc(C2=CC(=C3C=CC(=[N+](CCCl)CCCl)C=C3)C=C(c3ccccc3)S2)cc1. The summed E-state index contributed by atoms with van der Waals surface area (Å²) in [5.41, 5.74) is 5.89. The minimum Gasteiger partial charge on any atom is -0.497 e. The average molecular weight is 495 g/mol. The monoisotopic (exact) mass is 494 g/mol. The van der Waals surface area contributed by atoms with Crippen LogP contribution >= 0.6 is 35.0 Å². The fourth-order valence-electron chi connectivity index (χ4n) is 3.75. The molecular weight excluding hydrogens is 469 g/mol. The molecule has 168 valence electrons. The molecule has 4 rings (SSSR count). The first-order valence-corrected chi connectivity index (χ1v) is 12.8. The van der Waals surface area contributed by atoms with Gasteiger partial charge in [-0.15, -0.1) is 23.2 Å². The number of rotatable bonds is 7. The van der Waals surface area contributed by atoms with E-state index in [1.165, 1.54) is 32.1 Å². The van der Waals surface area contributed by atoms with Gasteiger partial charge in [0.2, 0.25) is 0 Å². The van der Waals surface area contributed by atoms with Crippen molar-refractivity contribution < 1.29 is 9.31 Å². The van der Waals surface area contributed by atoms with E-state index in [9.17, 15) is 0 Å². The highest BCUT2D eigenvalue weighted by molar-refractivity contribution is 8.16. The molecule has 0 radical (unpaired) electrons. The second kappa shape index (κ2) is 11.6. The van der Waals surface area contributed by atoms with E-state index in [1.807, 2.05) is 12.1 Å². The van der Waals surface area contributed by atoms with E-state index in [4.69, 9.17) is 27.9 Å². The Bertz CT molecular complexity index is 1150. The number of benzene rings is 2. The average Bonchev–Trinajstić information content (AvgIpc) is 2.89. The zero-order valence-electron chi connectivity index (χ0n) is 18.5. The summed E-state index contributed by atoms with van der Waals surface area (Å²) in [5.74, 6) is 2.01. The van der Waals surface area contributed by atoms with Gasteiger partial charge in [-0.25, -0.2) is 4.58 Å².